The molecular weight excluding hydrogens is 334 g/mol. The molecular formula is C19H19N3O4. The number of nitrogens with one attached hydrogen (secondary N) is 1. The minimum atomic E-state index is -0.356. The SMILES string of the molecule is CC(C)Oc1ccc(-c2nonc2NC(=O)COc2ccccc2)cc1. The first-order chi connectivity index (χ1) is 12.6. The molecule has 0 aliphatic heterocycles. The van der Waals surface area contributed by atoms with Gasteiger partial charge in [-0.05, 0) is 60.6 Å². The van der Waals surface area contributed by atoms with Crippen LogP contribution < -0.4 is 14.8 Å². The van der Waals surface area contributed by atoms with E-state index in [1.54, 1.807) is 12.1 Å². The van der Waals surface area contributed by atoms with Crippen LogP contribution in [-0.2, 0) is 4.79 Å². The van der Waals surface area contributed by atoms with Gasteiger partial charge in [0.2, 0.25) is 5.82 Å². The van der Waals surface area contributed by atoms with Crippen molar-refractivity contribution in [2.45, 2.75) is 20.0 Å². The van der Waals surface area contributed by atoms with Crippen molar-refractivity contribution in [3.8, 4) is 22.8 Å². The van der Waals surface area contributed by atoms with E-state index in [0.717, 1.165) is 11.3 Å². The van der Waals surface area contributed by atoms with Crippen LogP contribution in [-0.4, -0.2) is 28.9 Å². The molecule has 0 saturated heterocycles. The Morgan fingerprint density at radius 3 is 2.46 bits per heavy atom. The van der Waals surface area contributed by atoms with Crippen LogP contribution >= 0.6 is 0 Å². The fourth-order valence-electron chi connectivity index (χ4n) is 2.26. The molecule has 7 nitrogen and oxygen atoms in total. The van der Waals surface area contributed by atoms with Crippen molar-refractivity contribution in [1.82, 2.24) is 10.3 Å². The lowest BCUT2D eigenvalue weighted by molar-refractivity contribution is -0.118. The summed E-state index contributed by atoms with van der Waals surface area (Å²) in [6.45, 7) is 3.78. The molecule has 1 N–H and O–H groups in total. The first-order valence-corrected chi connectivity index (χ1v) is 8.19. The summed E-state index contributed by atoms with van der Waals surface area (Å²) < 4.78 is 15.8. The number of nitrogens with zero attached hydrogens (tertiary/aromatic N) is 2. The monoisotopic (exact) mass is 353 g/mol. The molecule has 7 heteroatoms. The van der Waals surface area contributed by atoms with Gasteiger partial charge in [0.25, 0.3) is 5.91 Å². The second-order valence-electron chi connectivity index (χ2n) is 5.80. The fraction of sp³-hybridized carbons (Fsp3) is 0.211. The van der Waals surface area contributed by atoms with E-state index in [0.29, 0.717) is 11.4 Å². The predicted octanol–water partition coefficient (Wildman–Crippen LogP) is 3.54. The Kier molecular flexibility index (Phi) is 5.48. The number of benzene rings is 2. The third kappa shape index (κ3) is 4.60. The second kappa shape index (κ2) is 8.15. The van der Waals surface area contributed by atoms with Crippen LogP contribution in [0.3, 0.4) is 0 Å². The van der Waals surface area contributed by atoms with E-state index in [9.17, 15) is 4.79 Å². The van der Waals surface area contributed by atoms with Crippen molar-refractivity contribution in [3.05, 3.63) is 54.6 Å². The summed E-state index contributed by atoms with van der Waals surface area (Å²) >= 11 is 0. The Balaban J connectivity index is 1.63. The molecule has 1 heterocycles. The van der Waals surface area contributed by atoms with Gasteiger partial charge in [-0.3, -0.25) is 4.79 Å². The Morgan fingerprint density at radius 1 is 1.04 bits per heavy atom. The molecule has 0 fully saturated rings. The molecule has 0 spiro atoms. The Morgan fingerprint density at radius 2 is 1.77 bits per heavy atom. The zero-order chi connectivity index (χ0) is 18.4. The van der Waals surface area contributed by atoms with Crippen LogP contribution in [0.2, 0.25) is 0 Å². The molecule has 0 radical (unpaired) electrons. The Labute approximate surface area is 150 Å². The highest BCUT2D eigenvalue weighted by molar-refractivity contribution is 5.94. The second-order valence-corrected chi connectivity index (χ2v) is 5.80. The maximum atomic E-state index is 12.1. The van der Waals surface area contributed by atoms with Crippen LogP contribution in [0.5, 0.6) is 11.5 Å². The summed E-state index contributed by atoms with van der Waals surface area (Å²) in [6.07, 6.45) is 0.0917. The molecule has 0 unspecified atom stereocenters. The summed E-state index contributed by atoms with van der Waals surface area (Å²) in [6, 6.07) is 16.4. The third-order valence-corrected chi connectivity index (χ3v) is 3.36. The first kappa shape index (κ1) is 17.5. The Hall–Kier alpha value is -3.35. The van der Waals surface area contributed by atoms with Gasteiger partial charge in [-0.2, -0.15) is 0 Å². The summed E-state index contributed by atoms with van der Waals surface area (Å²) in [5.74, 6) is 1.25. The summed E-state index contributed by atoms with van der Waals surface area (Å²) in [5, 5.41) is 10.3. The molecule has 1 amide bonds. The number of ether oxygens (including phenoxy) is 2. The van der Waals surface area contributed by atoms with Gasteiger partial charge in [0.05, 0.1) is 6.10 Å². The van der Waals surface area contributed by atoms with Crippen molar-refractivity contribution in [2.75, 3.05) is 11.9 Å². The largest absolute Gasteiger partial charge is 0.491 e. The van der Waals surface area contributed by atoms with Gasteiger partial charge >= 0.3 is 0 Å². The quantitative estimate of drug-likeness (QED) is 0.699. The van der Waals surface area contributed by atoms with Crippen LogP contribution in [0.15, 0.2) is 59.2 Å². The maximum absolute atomic E-state index is 12.1. The average Bonchev–Trinajstić information content (AvgIpc) is 3.09. The molecule has 0 bridgehead atoms. The zero-order valence-corrected chi connectivity index (χ0v) is 14.5. The highest BCUT2D eigenvalue weighted by Gasteiger charge is 2.15. The normalized spacial score (nSPS) is 10.6. The topological polar surface area (TPSA) is 86.5 Å². The van der Waals surface area contributed by atoms with Crippen molar-refractivity contribution in [2.24, 2.45) is 0 Å². The summed E-state index contributed by atoms with van der Waals surface area (Å²) in [7, 11) is 0. The van der Waals surface area contributed by atoms with Crippen LogP contribution in [0.25, 0.3) is 11.3 Å². The lowest BCUT2D eigenvalue weighted by Crippen LogP contribution is -2.20. The van der Waals surface area contributed by atoms with Crippen LogP contribution in [0.4, 0.5) is 5.82 Å². The van der Waals surface area contributed by atoms with Gasteiger partial charge < -0.3 is 14.8 Å². The minimum absolute atomic E-state index is 0.0917. The fourth-order valence-corrected chi connectivity index (χ4v) is 2.26. The highest BCUT2D eigenvalue weighted by Crippen LogP contribution is 2.26. The van der Waals surface area contributed by atoms with E-state index in [1.165, 1.54) is 0 Å². The maximum Gasteiger partial charge on any atom is 0.263 e. The van der Waals surface area contributed by atoms with Gasteiger partial charge in [-0.25, -0.2) is 4.63 Å². The van der Waals surface area contributed by atoms with Gasteiger partial charge in [-0.1, -0.05) is 18.2 Å². The number of anilines is 1. The molecule has 26 heavy (non-hydrogen) atoms. The number of amides is 1. The molecule has 2 aromatic carbocycles. The van der Waals surface area contributed by atoms with E-state index in [4.69, 9.17) is 14.1 Å². The smallest absolute Gasteiger partial charge is 0.263 e. The standard InChI is InChI=1S/C19H19N3O4/c1-13(2)25-16-10-8-14(9-11-16)18-19(22-26-21-18)20-17(23)12-24-15-6-4-3-5-7-15/h3-11,13H,12H2,1-2H3,(H,20,22,23). The minimum Gasteiger partial charge on any atom is -0.491 e. The number of aromatic nitrogens is 2. The average molecular weight is 353 g/mol. The van der Waals surface area contributed by atoms with Crippen molar-refractivity contribution in [3.63, 3.8) is 0 Å². The first-order valence-electron chi connectivity index (χ1n) is 8.19. The van der Waals surface area contributed by atoms with Crippen LogP contribution in [0, 0.1) is 0 Å². The molecule has 1 aromatic heterocycles. The van der Waals surface area contributed by atoms with Gasteiger partial charge in [0, 0.05) is 5.56 Å². The predicted molar refractivity (Wildman–Crippen MR) is 96.1 cm³/mol. The van der Waals surface area contributed by atoms with E-state index < -0.39 is 0 Å². The van der Waals surface area contributed by atoms with E-state index >= 15 is 0 Å². The highest BCUT2D eigenvalue weighted by atomic mass is 16.6. The lowest BCUT2D eigenvalue weighted by atomic mass is 10.1. The molecule has 3 rings (SSSR count). The molecule has 0 saturated carbocycles. The lowest BCUT2D eigenvalue weighted by Gasteiger charge is -2.09. The number of hydrogen-bond donors (Lipinski definition) is 1. The summed E-state index contributed by atoms with van der Waals surface area (Å²) in [4.78, 5) is 12.1. The van der Waals surface area contributed by atoms with Crippen molar-refractivity contribution < 1.29 is 18.9 Å². The number of hydrogen-bond acceptors (Lipinski definition) is 6. The van der Waals surface area contributed by atoms with Gasteiger partial charge in [-0.15, -0.1) is 0 Å². The van der Waals surface area contributed by atoms with E-state index in [-0.39, 0.29) is 24.4 Å². The molecule has 0 aliphatic rings. The van der Waals surface area contributed by atoms with Crippen molar-refractivity contribution in [1.29, 1.82) is 0 Å². The number of carbonyl (C=O) groups is 1. The van der Waals surface area contributed by atoms with E-state index in [2.05, 4.69) is 15.6 Å². The van der Waals surface area contributed by atoms with Gasteiger partial charge in [0.15, 0.2) is 12.3 Å². The zero-order valence-electron chi connectivity index (χ0n) is 14.5. The summed E-state index contributed by atoms with van der Waals surface area (Å²) in [5.41, 5.74) is 1.19. The van der Waals surface area contributed by atoms with Crippen LogP contribution in [0.1, 0.15) is 13.8 Å². The molecule has 0 aliphatic carbocycles. The number of rotatable bonds is 7. The Bertz CT molecular complexity index is 845. The third-order valence-electron chi connectivity index (χ3n) is 3.36. The molecule has 0 atom stereocenters. The van der Waals surface area contributed by atoms with Gasteiger partial charge in [0.1, 0.15) is 11.5 Å². The van der Waals surface area contributed by atoms with Crippen molar-refractivity contribution >= 4 is 11.7 Å². The van der Waals surface area contributed by atoms with E-state index in [1.807, 2.05) is 56.3 Å². The molecule has 3 aromatic rings. The molecule has 134 valence electrons. The number of carbonyl (C=O) groups excluding carboxylic acids is 1. The number of para-hydroxylation sites is 1.